The second-order valence-corrected chi connectivity index (χ2v) is 6.47. The molecular formula is C19H21N5. The normalized spacial score (nSPS) is 15.2. The number of nitrogens with one attached hydrogen (secondary N) is 1. The molecule has 3 aromatic rings. The van der Waals surface area contributed by atoms with Crippen LogP contribution in [0.5, 0.6) is 0 Å². The van der Waals surface area contributed by atoms with Crippen molar-refractivity contribution < 1.29 is 0 Å². The van der Waals surface area contributed by atoms with Crippen molar-refractivity contribution in [3.8, 4) is 5.82 Å². The summed E-state index contributed by atoms with van der Waals surface area (Å²) in [5.41, 5.74) is 3.34. The van der Waals surface area contributed by atoms with Gasteiger partial charge in [-0.05, 0) is 44.2 Å². The predicted molar refractivity (Wildman–Crippen MR) is 94.2 cm³/mol. The van der Waals surface area contributed by atoms with Crippen molar-refractivity contribution in [3.63, 3.8) is 0 Å². The lowest BCUT2D eigenvalue weighted by molar-refractivity contribution is 0.673. The van der Waals surface area contributed by atoms with Gasteiger partial charge in [0.25, 0.3) is 0 Å². The zero-order chi connectivity index (χ0) is 16.5. The summed E-state index contributed by atoms with van der Waals surface area (Å²) in [5.74, 6) is 2.21. The predicted octanol–water partition coefficient (Wildman–Crippen LogP) is 3.84. The molecule has 1 atom stereocenters. The Balaban J connectivity index is 1.62. The molecule has 0 saturated heterocycles. The van der Waals surface area contributed by atoms with Crippen molar-refractivity contribution in [3.05, 3.63) is 65.7 Å². The highest BCUT2D eigenvalue weighted by molar-refractivity contribution is 5.40. The first-order chi connectivity index (χ1) is 11.7. The Morgan fingerprint density at radius 1 is 1.12 bits per heavy atom. The molecule has 1 saturated carbocycles. The van der Waals surface area contributed by atoms with Gasteiger partial charge in [-0.1, -0.05) is 30.3 Å². The fraction of sp³-hybridized carbons (Fsp3) is 0.316. The van der Waals surface area contributed by atoms with Gasteiger partial charge in [-0.15, -0.1) is 0 Å². The van der Waals surface area contributed by atoms with Gasteiger partial charge in [0.15, 0.2) is 5.82 Å². The first-order valence-corrected chi connectivity index (χ1v) is 8.38. The van der Waals surface area contributed by atoms with Gasteiger partial charge in [0.2, 0.25) is 0 Å². The molecule has 1 N–H and O–H groups in total. The van der Waals surface area contributed by atoms with Gasteiger partial charge >= 0.3 is 0 Å². The number of anilines is 1. The number of aryl methyl sites for hydroxylation is 2. The summed E-state index contributed by atoms with van der Waals surface area (Å²) in [7, 11) is 0. The molecule has 122 valence electrons. The Kier molecular flexibility index (Phi) is 3.76. The average Bonchev–Trinajstić information content (AvgIpc) is 3.38. The van der Waals surface area contributed by atoms with Gasteiger partial charge in [0.05, 0.1) is 24.1 Å². The fourth-order valence-electron chi connectivity index (χ4n) is 3.11. The first kappa shape index (κ1) is 14.9. The molecule has 0 aliphatic heterocycles. The highest BCUT2D eigenvalue weighted by atomic mass is 15.3. The summed E-state index contributed by atoms with van der Waals surface area (Å²) in [5, 5.41) is 8.07. The number of benzene rings is 1. The number of rotatable bonds is 5. The monoisotopic (exact) mass is 319 g/mol. The molecule has 2 aromatic heterocycles. The minimum Gasteiger partial charge on any atom is -0.362 e. The summed E-state index contributed by atoms with van der Waals surface area (Å²) in [6, 6.07) is 12.9. The zero-order valence-corrected chi connectivity index (χ0v) is 14.0. The van der Waals surface area contributed by atoms with E-state index in [1.165, 1.54) is 18.4 Å². The van der Waals surface area contributed by atoms with Crippen LogP contribution < -0.4 is 5.32 Å². The molecule has 0 amide bonds. The van der Waals surface area contributed by atoms with Crippen LogP contribution in [0.25, 0.3) is 5.82 Å². The summed E-state index contributed by atoms with van der Waals surface area (Å²) >= 11 is 0. The van der Waals surface area contributed by atoms with Crippen molar-refractivity contribution >= 4 is 5.82 Å². The van der Waals surface area contributed by atoms with Crippen LogP contribution in [0.1, 0.15) is 35.8 Å². The lowest BCUT2D eigenvalue weighted by atomic mass is 10.0. The van der Waals surface area contributed by atoms with Crippen LogP contribution in [0.15, 0.2) is 48.8 Å². The van der Waals surface area contributed by atoms with E-state index in [2.05, 4.69) is 45.7 Å². The van der Waals surface area contributed by atoms with Crippen LogP contribution in [-0.4, -0.2) is 19.7 Å². The third kappa shape index (κ3) is 3.02. The minimum atomic E-state index is 0.288. The van der Waals surface area contributed by atoms with E-state index in [0.29, 0.717) is 5.92 Å². The summed E-state index contributed by atoms with van der Waals surface area (Å²) < 4.78 is 1.84. The second kappa shape index (κ2) is 6.07. The van der Waals surface area contributed by atoms with Gasteiger partial charge in [-0.3, -0.25) is 4.98 Å². The van der Waals surface area contributed by atoms with E-state index >= 15 is 0 Å². The molecular weight excluding hydrogens is 298 g/mol. The molecule has 1 fully saturated rings. The molecule has 2 heterocycles. The van der Waals surface area contributed by atoms with E-state index in [1.807, 2.05) is 24.6 Å². The molecule has 1 aliphatic carbocycles. The molecule has 4 rings (SSSR count). The number of hydrogen-bond acceptors (Lipinski definition) is 4. The van der Waals surface area contributed by atoms with E-state index < -0.39 is 0 Å². The van der Waals surface area contributed by atoms with E-state index in [9.17, 15) is 0 Å². The summed E-state index contributed by atoms with van der Waals surface area (Å²) in [4.78, 5) is 9.07. The Bertz CT molecular complexity index is 836. The third-order valence-electron chi connectivity index (χ3n) is 4.40. The van der Waals surface area contributed by atoms with E-state index in [0.717, 1.165) is 23.0 Å². The molecule has 5 heteroatoms. The molecule has 1 aromatic carbocycles. The summed E-state index contributed by atoms with van der Waals surface area (Å²) in [6.07, 6.45) is 6.06. The molecule has 1 aliphatic rings. The zero-order valence-electron chi connectivity index (χ0n) is 14.0. The van der Waals surface area contributed by atoms with Crippen molar-refractivity contribution in [2.24, 2.45) is 5.92 Å². The summed E-state index contributed by atoms with van der Waals surface area (Å²) in [6.45, 7) is 4.01. The van der Waals surface area contributed by atoms with Crippen LogP contribution >= 0.6 is 0 Å². The number of hydrogen-bond donors (Lipinski definition) is 1. The fourth-order valence-corrected chi connectivity index (χ4v) is 3.11. The Hall–Kier alpha value is -2.69. The Labute approximate surface area is 141 Å². The first-order valence-electron chi connectivity index (χ1n) is 8.38. The van der Waals surface area contributed by atoms with Crippen molar-refractivity contribution in [1.82, 2.24) is 19.7 Å². The van der Waals surface area contributed by atoms with Gasteiger partial charge < -0.3 is 5.32 Å². The maximum absolute atomic E-state index is 4.72. The molecule has 0 spiro atoms. The molecule has 0 bridgehead atoms. The van der Waals surface area contributed by atoms with Gasteiger partial charge in [-0.25, -0.2) is 9.67 Å². The third-order valence-corrected chi connectivity index (χ3v) is 4.40. The molecule has 0 radical (unpaired) electrons. The SMILES string of the molecule is Cc1cc(C)n(-c2cncc(NC(c3ccccc3)C3CC3)n2)n1. The highest BCUT2D eigenvalue weighted by Crippen LogP contribution is 2.42. The number of nitrogens with zero attached hydrogens (tertiary/aromatic N) is 4. The van der Waals surface area contributed by atoms with Crippen LogP contribution in [0.3, 0.4) is 0 Å². The van der Waals surface area contributed by atoms with E-state index in [-0.39, 0.29) is 6.04 Å². The van der Waals surface area contributed by atoms with Crippen LogP contribution in [0.4, 0.5) is 5.82 Å². The maximum atomic E-state index is 4.72. The maximum Gasteiger partial charge on any atom is 0.174 e. The Morgan fingerprint density at radius 3 is 2.58 bits per heavy atom. The highest BCUT2D eigenvalue weighted by Gasteiger charge is 2.32. The molecule has 24 heavy (non-hydrogen) atoms. The quantitative estimate of drug-likeness (QED) is 0.776. The number of aromatic nitrogens is 4. The van der Waals surface area contributed by atoms with Gasteiger partial charge in [0, 0.05) is 5.69 Å². The average molecular weight is 319 g/mol. The molecule has 1 unspecified atom stereocenters. The molecule has 5 nitrogen and oxygen atoms in total. The van der Waals surface area contributed by atoms with Crippen LogP contribution in [0.2, 0.25) is 0 Å². The van der Waals surface area contributed by atoms with Crippen molar-refractivity contribution in [2.75, 3.05) is 5.32 Å². The van der Waals surface area contributed by atoms with Crippen LogP contribution in [0, 0.1) is 19.8 Å². The second-order valence-electron chi connectivity index (χ2n) is 6.47. The van der Waals surface area contributed by atoms with E-state index in [4.69, 9.17) is 4.98 Å². The minimum absolute atomic E-state index is 0.288. The topological polar surface area (TPSA) is 55.6 Å². The standard InChI is InChI=1S/C19H21N5/c1-13-10-14(2)24(23-13)18-12-20-11-17(21-18)22-19(16-8-9-16)15-6-4-3-5-7-15/h3-7,10-12,16,19H,8-9H2,1-2H3,(H,21,22). The van der Waals surface area contributed by atoms with Crippen molar-refractivity contribution in [1.29, 1.82) is 0 Å². The lowest BCUT2D eigenvalue weighted by Gasteiger charge is -2.19. The smallest absolute Gasteiger partial charge is 0.174 e. The van der Waals surface area contributed by atoms with E-state index in [1.54, 1.807) is 12.4 Å². The van der Waals surface area contributed by atoms with Crippen molar-refractivity contribution in [2.45, 2.75) is 32.7 Å². The Morgan fingerprint density at radius 2 is 1.92 bits per heavy atom. The lowest BCUT2D eigenvalue weighted by Crippen LogP contribution is -2.15. The van der Waals surface area contributed by atoms with Gasteiger partial charge in [-0.2, -0.15) is 5.10 Å². The van der Waals surface area contributed by atoms with Crippen LogP contribution in [-0.2, 0) is 0 Å². The van der Waals surface area contributed by atoms with Gasteiger partial charge in [0.1, 0.15) is 5.82 Å². The largest absolute Gasteiger partial charge is 0.362 e.